The Morgan fingerprint density at radius 3 is 2.43 bits per heavy atom. The molecule has 0 aliphatic carbocycles. The third kappa shape index (κ3) is 5.30. The average molecular weight is 410 g/mol. The van der Waals surface area contributed by atoms with Crippen molar-refractivity contribution in [2.45, 2.75) is 44.2 Å². The molecule has 6 heteroatoms. The number of hydrogen-bond acceptors (Lipinski definition) is 5. The van der Waals surface area contributed by atoms with Gasteiger partial charge in [0.1, 0.15) is 17.6 Å². The minimum atomic E-state index is 0.214. The Balaban J connectivity index is 1.20. The smallest absolute Gasteiger partial charge is 0.226 e. The van der Waals surface area contributed by atoms with E-state index in [1.54, 1.807) is 19.5 Å². The Morgan fingerprint density at radius 2 is 1.73 bits per heavy atom. The molecule has 0 N–H and O–H groups in total. The van der Waals surface area contributed by atoms with E-state index in [0.29, 0.717) is 12.5 Å². The van der Waals surface area contributed by atoms with Gasteiger partial charge in [-0.3, -0.25) is 14.7 Å². The first-order valence-electron chi connectivity index (χ1n) is 10.9. The number of nitrogens with zero attached hydrogens (tertiary/aromatic N) is 3. The van der Waals surface area contributed by atoms with E-state index in [0.717, 1.165) is 68.9 Å². The van der Waals surface area contributed by atoms with Crippen LogP contribution >= 0.6 is 0 Å². The lowest BCUT2D eigenvalue weighted by Crippen LogP contribution is -2.50. The second-order valence-corrected chi connectivity index (χ2v) is 8.18. The Kier molecular flexibility index (Phi) is 6.84. The first kappa shape index (κ1) is 20.7. The predicted octanol–water partition coefficient (Wildman–Crippen LogP) is 3.17. The molecule has 0 atom stereocenters. The number of carbonyl (C=O) groups excluding carboxylic acids is 1. The standard InChI is InChI=1S/C24H31N3O3/c1-29-23-4-2-3-19(17-23)18-24(28)27-13-7-20(8-14-27)26-15-9-22(10-16-26)30-21-5-11-25-12-6-21/h2-6,11-12,17,20,22H,7-10,13-16,18H2,1H3. The van der Waals surface area contributed by atoms with E-state index in [2.05, 4.69) is 9.88 Å². The number of carbonyl (C=O) groups is 1. The molecule has 0 saturated carbocycles. The van der Waals surface area contributed by atoms with Crippen molar-refractivity contribution in [3.63, 3.8) is 0 Å². The molecule has 2 aliphatic heterocycles. The van der Waals surface area contributed by atoms with E-state index in [9.17, 15) is 4.79 Å². The summed E-state index contributed by atoms with van der Waals surface area (Å²) in [6.45, 7) is 3.83. The quantitative estimate of drug-likeness (QED) is 0.734. The van der Waals surface area contributed by atoms with Crippen molar-refractivity contribution in [3.05, 3.63) is 54.4 Å². The number of hydrogen-bond donors (Lipinski definition) is 0. The van der Waals surface area contributed by atoms with Crippen molar-refractivity contribution in [1.82, 2.24) is 14.8 Å². The zero-order chi connectivity index (χ0) is 20.8. The lowest BCUT2D eigenvalue weighted by molar-refractivity contribution is -0.132. The third-order valence-corrected chi connectivity index (χ3v) is 6.25. The van der Waals surface area contributed by atoms with E-state index >= 15 is 0 Å². The van der Waals surface area contributed by atoms with Crippen LogP contribution in [-0.2, 0) is 11.2 Å². The maximum Gasteiger partial charge on any atom is 0.226 e. The highest BCUT2D eigenvalue weighted by Gasteiger charge is 2.30. The molecule has 0 spiro atoms. The minimum Gasteiger partial charge on any atom is -0.497 e. The molecule has 1 amide bonds. The SMILES string of the molecule is COc1cccc(CC(=O)N2CCC(N3CCC(Oc4ccncc4)CC3)CC2)c1. The van der Waals surface area contributed by atoms with Gasteiger partial charge in [0.05, 0.1) is 13.5 Å². The van der Waals surface area contributed by atoms with E-state index in [1.165, 1.54) is 0 Å². The molecule has 2 aliphatic rings. The molecule has 2 aromatic rings. The van der Waals surface area contributed by atoms with Crippen LogP contribution in [0.4, 0.5) is 0 Å². The molecule has 30 heavy (non-hydrogen) atoms. The van der Waals surface area contributed by atoms with Crippen molar-refractivity contribution < 1.29 is 14.3 Å². The van der Waals surface area contributed by atoms with Gasteiger partial charge in [0.2, 0.25) is 5.91 Å². The summed E-state index contributed by atoms with van der Waals surface area (Å²) < 4.78 is 11.3. The van der Waals surface area contributed by atoms with Crippen molar-refractivity contribution in [1.29, 1.82) is 0 Å². The van der Waals surface area contributed by atoms with Crippen LogP contribution in [0, 0.1) is 0 Å². The molecular weight excluding hydrogens is 378 g/mol. The van der Waals surface area contributed by atoms with Gasteiger partial charge in [-0.25, -0.2) is 0 Å². The topological polar surface area (TPSA) is 54.9 Å². The van der Waals surface area contributed by atoms with E-state index in [-0.39, 0.29) is 12.0 Å². The molecular formula is C24H31N3O3. The predicted molar refractivity (Wildman–Crippen MR) is 116 cm³/mol. The summed E-state index contributed by atoms with van der Waals surface area (Å²) in [6, 6.07) is 12.2. The van der Waals surface area contributed by atoms with Crippen LogP contribution in [0.2, 0.25) is 0 Å². The summed E-state index contributed by atoms with van der Waals surface area (Å²) in [6.07, 6.45) is 8.49. The molecule has 2 saturated heterocycles. The highest BCUT2D eigenvalue weighted by molar-refractivity contribution is 5.79. The van der Waals surface area contributed by atoms with Gasteiger partial charge in [-0.05, 0) is 55.5 Å². The molecule has 0 unspecified atom stereocenters. The van der Waals surface area contributed by atoms with Crippen LogP contribution in [-0.4, -0.2) is 66.1 Å². The van der Waals surface area contributed by atoms with E-state index in [1.807, 2.05) is 41.3 Å². The number of ether oxygens (including phenoxy) is 2. The number of pyridine rings is 1. The molecule has 6 nitrogen and oxygen atoms in total. The second kappa shape index (κ2) is 9.94. The zero-order valence-corrected chi connectivity index (χ0v) is 17.7. The van der Waals surface area contributed by atoms with Crippen LogP contribution in [0.3, 0.4) is 0 Å². The summed E-state index contributed by atoms with van der Waals surface area (Å²) >= 11 is 0. The fourth-order valence-corrected chi connectivity index (χ4v) is 4.52. The molecule has 3 heterocycles. The first-order chi connectivity index (χ1) is 14.7. The Labute approximate surface area is 178 Å². The highest BCUT2D eigenvalue weighted by Crippen LogP contribution is 2.24. The number of piperidine rings is 2. The van der Waals surface area contributed by atoms with Gasteiger partial charge in [0, 0.05) is 44.6 Å². The van der Waals surface area contributed by atoms with Crippen LogP contribution in [0.25, 0.3) is 0 Å². The number of aromatic nitrogens is 1. The van der Waals surface area contributed by atoms with Crippen molar-refractivity contribution in [2.75, 3.05) is 33.3 Å². The molecule has 2 fully saturated rings. The monoisotopic (exact) mass is 409 g/mol. The van der Waals surface area contributed by atoms with Gasteiger partial charge in [-0.2, -0.15) is 0 Å². The molecule has 1 aromatic heterocycles. The van der Waals surface area contributed by atoms with Crippen LogP contribution < -0.4 is 9.47 Å². The number of benzene rings is 1. The summed E-state index contributed by atoms with van der Waals surface area (Å²) in [7, 11) is 1.65. The summed E-state index contributed by atoms with van der Waals surface area (Å²) in [5.41, 5.74) is 1.01. The highest BCUT2D eigenvalue weighted by atomic mass is 16.5. The molecule has 4 rings (SSSR count). The Hall–Kier alpha value is -2.60. The number of rotatable bonds is 6. The summed E-state index contributed by atoms with van der Waals surface area (Å²) in [5.74, 6) is 1.92. The van der Waals surface area contributed by atoms with Gasteiger partial charge < -0.3 is 14.4 Å². The fourth-order valence-electron chi connectivity index (χ4n) is 4.52. The number of likely N-dealkylation sites (tertiary alicyclic amines) is 2. The summed E-state index contributed by atoms with van der Waals surface area (Å²) in [5, 5.41) is 0. The van der Waals surface area contributed by atoms with Crippen LogP contribution in [0.5, 0.6) is 11.5 Å². The normalized spacial score (nSPS) is 18.9. The minimum absolute atomic E-state index is 0.214. The lowest BCUT2D eigenvalue weighted by atomic mass is 9.98. The Morgan fingerprint density at radius 1 is 1.00 bits per heavy atom. The van der Waals surface area contributed by atoms with Crippen LogP contribution in [0.1, 0.15) is 31.2 Å². The maximum atomic E-state index is 12.7. The molecule has 160 valence electrons. The van der Waals surface area contributed by atoms with Gasteiger partial charge in [-0.15, -0.1) is 0 Å². The number of amides is 1. The summed E-state index contributed by atoms with van der Waals surface area (Å²) in [4.78, 5) is 21.4. The second-order valence-electron chi connectivity index (χ2n) is 8.18. The number of methoxy groups -OCH3 is 1. The van der Waals surface area contributed by atoms with E-state index in [4.69, 9.17) is 9.47 Å². The van der Waals surface area contributed by atoms with Crippen molar-refractivity contribution in [3.8, 4) is 11.5 Å². The van der Waals surface area contributed by atoms with Gasteiger partial charge in [0.15, 0.2) is 0 Å². The Bertz CT molecular complexity index is 813. The largest absolute Gasteiger partial charge is 0.497 e. The van der Waals surface area contributed by atoms with Gasteiger partial charge in [0.25, 0.3) is 0 Å². The third-order valence-electron chi connectivity index (χ3n) is 6.25. The first-order valence-corrected chi connectivity index (χ1v) is 10.9. The molecule has 0 bridgehead atoms. The van der Waals surface area contributed by atoms with Crippen molar-refractivity contribution in [2.24, 2.45) is 0 Å². The molecule has 1 aromatic carbocycles. The maximum absolute atomic E-state index is 12.7. The average Bonchev–Trinajstić information content (AvgIpc) is 2.80. The van der Waals surface area contributed by atoms with Crippen molar-refractivity contribution >= 4 is 5.91 Å². The van der Waals surface area contributed by atoms with E-state index < -0.39 is 0 Å². The molecule has 0 radical (unpaired) electrons. The fraction of sp³-hybridized carbons (Fsp3) is 0.500. The van der Waals surface area contributed by atoms with Gasteiger partial charge >= 0.3 is 0 Å². The zero-order valence-electron chi connectivity index (χ0n) is 17.7. The van der Waals surface area contributed by atoms with Crippen LogP contribution in [0.15, 0.2) is 48.8 Å². The lowest BCUT2D eigenvalue weighted by Gasteiger charge is -2.41. The van der Waals surface area contributed by atoms with Gasteiger partial charge in [-0.1, -0.05) is 12.1 Å².